The molecule has 1 amide bonds. The Labute approximate surface area is 160 Å². The molecule has 0 aromatic heterocycles. The van der Waals surface area contributed by atoms with Crippen LogP contribution in [0, 0.1) is 0 Å². The Balaban J connectivity index is 1.63. The Morgan fingerprint density at radius 3 is 2.57 bits per heavy atom. The molecule has 1 atom stereocenters. The highest BCUT2D eigenvalue weighted by atomic mass is 19.4. The average Bonchev–Trinajstić information content (AvgIpc) is 2.94. The van der Waals surface area contributed by atoms with E-state index in [2.05, 4.69) is 10.3 Å². The topological polar surface area (TPSA) is 53.9 Å². The number of amidine groups is 1. The molecule has 0 fully saturated rings. The van der Waals surface area contributed by atoms with Gasteiger partial charge in [0.25, 0.3) is 0 Å². The van der Waals surface area contributed by atoms with Gasteiger partial charge in [0, 0.05) is 19.2 Å². The molecule has 1 aliphatic rings. The lowest BCUT2D eigenvalue weighted by atomic mass is 10.1. The maximum atomic E-state index is 12.8. The normalized spacial score (nSPS) is 19.5. The third-order valence-electron chi connectivity index (χ3n) is 4.24. The Kier molecular flexibility index (Phi) is 5.42. The summed E-state index contributed by atoms with van der Waals surface area (Å²) in [5.41, 5.74) is -0.605. The van der Waals surface area contributed by atoms with E-state index in [1.165, 1.54) is 17.2 Å². The van der Waals surface area contributed by atoms with Crippen LogP contribution in [0.15, 0.2) is 59.6 Å². The summed E-state index contributed by atoms with van der Waals surface area (Å²) in [6, 6.07) is 14.3. The number of amides is 1. The quantitative estimate of drug-likeness (QED) is 0.845. The lowest BCUT2D eigenvalue weighted by molar-refractivity contribution is -0.166. The summed E-state index contributed by atoms with van der Waals surface area (Å²) in [6.07, 6.45) is -4.48. The number of nitrogens with zero attached hydrogens (tertiary/aromatic N) is 2. The second-order valence-corrected chi connectivity index (χ2v) is 6.72. The van der Waals surface area contributed by atoms with Crippen molar-refractivity contribution < 1.29 is 22.8 Å². The zero-order valence-electron chi connectivity index (χ0n) is 15.5. The molecular formula is C20H20F3N3O2. The van der Waals surface area contributed by atoms with Crippen LogP contribution in [0.4, 0.5) is 13.2 Å². The van der Waals surface area contributed by atoms with Crippen LogP contribution in [0.5, 0.6) is 0 Å². The number of halogens is 3. The molecule has 1 heterocycles. The van der Waals surface area contributed by atoms with Crippen LogP contribution in [0.1, 0.15) is 30.0 Å². The molecule has 2 aromatic rings. The zero-order chi connectivity index (χ0) is 20.4. The molecule has 1 N–H and O–H groups in total. The molecule has 3 rings (SSSR count). The number of hydrogen-bond donors (Lipinski definition) is 1. The number of carbonyl (C=O) groups excluding carboxylic acids is 1. The van der Waals surface area contributed by atoms with Gasteiger partial charge in [0.05, 0.1) is 12.0 Å². The van der Waals surface area contributed by atoms with Crippen molar-refractivity contribution in [2.45, 2.75) is 31.8 Å². The second-order valence-electron chi connectivity index (χ2n) is 6.72. The van der Waals surface area contributed by atoms with Crippen molar-refractivity contribution in [3.63, 3.8) is 0 Å². The molecule has 1 unspecified atom stereocenters. The van der Waals surface area contributed by atoms with Gasteiger partial charge in [0.15, 0.2) is 11.6 Å². The van der Waals surface area contributed by atoms with Gasteiger partial charge in [-0.15, -0.1) is 0 Å². The van der Waals surface area contributed by atoms with E-state index in [0.29, 0.717) is 11.4 Å². The second kappa shape index (κ2) is 7.63. The first kappa shape index (κ1) is 19.9. The first-order valence-corrected chi connectivity index (χ1v) is 8.67. The highest BCUT2D eigenvalue weighted by molar-refractivity contribution is 5.99. The molecule has 0 saturated carbocycles. The lowest BCUT2D eigenvalue weighted by Gasteiger charge is -2.21. The molecule has 0 aliphatic carbocycles. The zero-order valence-corrected chi connectivity index (χ0v) is 15.5. The van der Waals surface area contributed by atoms with Crippen LogP contribution in [0.25, 0.3) is 0 Å². The van der Waals surface area contributed by atoms with Crippen LogP contribution in [-0.2, 0) is 22.4 Å². The van der Waals surface area contributed by atoms with Gasteiger partial charge in [-0.25, -0.2) is 14.9 Å². The van der Waals surface area contributed by atoms with Crippen LogP contribution in [0.2, 0.25) is 0 Å². The minimum absolute atomic E-state index is 0.00999. The molecule has 0 spiro atoms. The number of aliphatic imine (C=N–C) groups is 1. The third-order valence-corrected chi connectivity index (χ3v) is 4.24. The predicted molar refractivity (Wildman–Crippen MR) is 98.1 cm³/mol. The summed E-state index contributed by atoms with van der Waals surface area (Å²) in [6.45, 7) is 1.67. The number of hydrogen-bond acceptors (Lipinski definition) is 4. The molecule has 2 aromatic carbocycles. The van der Waals surface area contributed by atoms with Crippen molar-refractivity contribution in [3.8, 4) is 0 Å². The Morgan fingerprint density at radius 2 is 1.89 bits per heavy atom. The molecule has 148 valence electrons. The fraction of sp³-hybridized carbons (Fsp3) is 0.300. The summed E-state index contributed by atoms with van der Waals surface area (Å²) >= 11 is 0. The fourth-order valence-electron chi connectivity index (χ4n) is 2.98. The van der Waals surface area contributed by atoms with Gasteiger partial charge in [-0.05, 0) is 24.6 Å². The molecule has 0 radical (unpaired) electrons. The molecule has 8 heteroatoms. The van der Waals surface area contributed by atoms with Crippen LogP contribution < -0.4 is 5.32 Å². The van der Waals surface area contributed by atoms with Gasteiger partial charge in [-0.1, -0.05) is 42.5 Å². The summed E-state index contributed by atoms with van der Waals surface area (Å²) in [5.74, 6) is 0.236. The number of benzene rings is 2. The van der Waals surface area contributed by atoms with Crippen molar-refractivity contribution >= 4 is 11.7 Å². The molecular weight excluding hydrogens is 371 g/mol. The Morgan fingerprint density at radius 1 is 1.18 bits per heavy atom. The largest absolute Gasteiger partial charge is 0.416 e. The van der Waals surface area contributed by atoms with Crippen LogP contribution in [-0.4, -0.2) is 29.6 Å². The monoisotopic (exact) mass is 391 g/mol. The predicted octanol–water partition coefficient (Wildman–Crippen LogP) is 3.75. The van der Waals surface area contributed by atoms with Gasteiger partial charge in [0.2, 0.25) is 5.91 Å². The fourth-order valence-corrected chi connectivity index (χ4v) is 2.98. The van der Waals surface area contributed by atoms with E-state index in [1.807, 2.05) is 30.3 Å². The number of nitrogens with one attached hydrogen (secondary N) is 1. The number of alkyl halides is 3. The van der Waals surface area contributed by atoms with Gasteiger partial charge in [-0.3, -0.25) is 4.79 Å². The van der Waals surface area contributed by atoms with E-state index in [1.54, 1.807) is 14.0 Å². The molecule has 1 aliphatic heterocycles. The number of hydroxylamine groups is 2. The summed E-state index contributed by atoms with van der Waals surface area (Å²) in [7, 11) is 1.71. The van der Waals surface area contributed by atoms with Crippen LogP contribution >= 0.6 is 0 Å². The SMILES string of the molecule is CN1OC(C)(CC(=O)NCc2cccc(C(F)(F)F)c2)N=C1c1ccccc1. The van der Waals surface area contributed by atoms with E-state index < -0.39 is 17.5 Å². The molecule has 0 bridgehead atoms. The third kappa shape index (κ3) is 4.69. The minimum atomic E-state index is -4.42. The van der Waals surface area contributed by atoms with Gasteiger partial charge in [-0.2, -0.15) is 13.2 Å². The molecule has 5 nitrogen and oxygen atoms in total. The van der Waals surface area contributed by atoms with Crippen molar-refractivity contribution in [2.24, 2.45) is 4.99 Å². The first-order chi connectivity index (χ1) is 13.2. The summed E-state index contributed by atoms with van der Waals surface area (Å²) < 4.78 is 38.3. The first-order valence-electron chi connectivity index (χ1n) is 8.67. The van der Waals surface area contributed by atoms with E-state index >= 15 is 0 Å². The lowest BCUT2D eigenvalue weighted by Crippen LogP contribution is -2.35. The van der Waals surface area contributed by atoms with Crippen molar-refractivity contribution in [2.75, 3.05) is 7.05 Å². The van der Waals surface area contributed by atoms with Crippen molar-refractivity contribution in [1.29, 1.82) is 0 Å². The van der Waals surface area contributed by atoms with Gasteiger partial charge in [0.1, 0.15) is 0 Å². The van der Waals surface area contributed by atoms with Crippen LogP contribution in [0.3, 0.4) is 0 Å². The maximum absolute atomic E-state index is 12.8. The summed E-state index contributed by atoms with van der Waals surface area (Å²) in [4.78, 5) is 22.6. The van der Waals surface area contributed by atoms with E-state index in [0.717, 1.165) is 17.7 Å². The smallest absolute Gasteiger partial charge is 0.352 e. The summed E-state index contributed by atoms with van der Waals surface area (Å²) in [5, 5.41) is 4.13. The van der Waals surface area contributed by atoms with Gasteiger partial charge < -0.3 is 5.32 Å². The van der Waals surface area contributed by atoms with E-state index in [-0.39, 0.29) is 18.9 Å². The van der Waals surface area contributed by atoms with E-state index in [4.69, 9.17) is 4.84 Å². The maximum Gasteiger partial charge on any atom is 0.416 e. The molecule has 0 saturated heterocycles. The highest BCUT2D eigenvalue weighted by Gasteiger charge is 2.37. The van der Waals surface area contributed by atoms with E-state index in [9.17, 15) is 18.0 Å². The molecule has 28 heavy (non-hydrogen) atoms. The van der Waals surface area contributed by atoms with Crippen molar-refractivity contribution in [3.05, 3.63) is 71.3 Å². The average molecular weight is 391 g/mol. The Hall–Kier alpha value is -2.87. The number of carbonyl (C=O) groups is 1. The number of rotatable bonds is 5. The van der Waals surface area contributed by atoms with Crippen molar-refractivity contribution in [1.82, 2.24) is 10.4 Å². The van der Waals surface area contributed by atoms with Gasteiger partial charge >= 0.3 is 6.18 Å². The standard InChI is InChI=1S/C20H20F3N3O2/c1-19(25-18(26(2)28-19)15-8-4-3-5-9-15)12-17(27)24-13-14-7-6-10-16(11-14)20(21,22)23/h3-11H,12-13H2,1-2H3,(H,24,27). The Bertz CT molecular complexity index is 884. The highest BCUT2D eigenvalue weighted by Crippen LogP contribution is 2.30. The minimum Gasteiger partial charge on any atom is -0.352 e.